The Morgan fingerprint density at radius 2 is 1.79 bits per heavy atom. The fourth-order valence-corrected chi connectivity index (χ4v) is 7.42. The Balaban J connectivity index is 1.46. The largest absolute Gasteiger partial charge is 0.497 e. The van der Waals surface area contributed by atoms with E-state index in [9.17, 15) is 24.3 Å². The zero-order valence-corrected chi connectivity index (χ0v) is 26.8. The number of esters is 1. The summed E-state index contributed by atoms with van der Waals surface area (Å²) >= 11 is 0. The maximum absolute atomic E-state index is 14.9. The van der Waals surface area contributed by atoms with Gasteiger partial charge in [-0.05, 0) is 49.6 Å². The molecule has 4 heterocycles. The number of carbonyl (C=O) groups is 4. The van der Waals surface area contributed by atoms with Gasteiger partial charge >= 0.3 is 5.97 Å². The van der Waals surface area contributed by atoms with Crippen LogP contribution in [0.2, 0.25) is 0 Å². The summed E-state index contributed by atoms with van der Waals surface area (Å²) in [5.41, 5.74) is -0.197. The molecule has 5 bridgehead atoms. The second-order valence-corrected chi connectivity index (χ2v) is 12.5. The van der Waals surface area contributed by atoms with E-state index < -0.39 is 65.6 Å². The Bertz CT molecular complexity index is 1560. The maximum atomic E-state index is 14.9. The molecular formula is C36H41N3O8. The Kier molecular flexibility index (Phi) is 9.20. The number of nitrogens with one attached hydrogen (secondary N) is 1. The van der Waals surface area contributed by atoms with Crippen LogP contribution in [-0.4, -0.2) is 83.8 Å². The average Bonchev–Trinajstić information content (AvgIpc) is 3.73. The Morgan fingerprint density at radius 3 is 2.47 bits per heavy atom. The van der Waals surface area contributed by atoms with E-state index in [-0.39, 0.29) is 25.5 Å². The average molecular weight is 644 g/mol. The summed E-state index contributed by atoms with van der Waals surface area (Å²) in [5.74, 6) is -3.20. The van der Waals surface area contributed by atoms with Crippen LogP contribution in [0, 0.1) is 11.8 Å². The van der Waals surface area contributed by atoms with Crippen molar-refractivity contribution in [2.45, 2.75) is 69.0 Å². The standard InChI is InChI=1S/C36H41N3O8/c1-4-24(21-40)39-32-34(43)38(25-14-16-26(45-3)17-15-25)20-10-6-9-13-28(41)37-22(2)31(23-11-7-5-8-12-23)46-35(44)29-27-18-19-36(32,47-27)30(29)33(39)42/h5-8,10-12,14-19,22,24,27,29-32,40H,4,9,13,20-21H2,1-3H3,(H,37,41)/b10-6-/t22-,24-,27+,29-,30-,31+,32+,36-/m0/s1. The number of nitrogens with zero attached hydrogens (tertiary/aromatic N) is 2. The van der Waals surface area contributed by atoms with Gasteiger partial charge in [0.1, 0.15) is 29.4 Å². The molecule has 4 aliphatic rings. The highest BCUT2D eigenvalue weighted by molar-refractivity contribution is 6.05. The van der Waals surface area contributed by atoms with Crippen molar-refractivity contribution in [2.24, 2.45) is 11.8 Å². The molecule has 0 radical (unpaired) electrons. The highest BCUT2D eigenvalue weighted by Gasteiger charge is 2.74. The third kappa shape index (κ3) is 5.72. The predicted molar refractivity (Wildman–Crippen MR) is 172 cm³/mol. The fraction of sp³-hybridized carbons (Fsp3) is 0.444. The number of cyclic esters (lactones) is 1. The smallest absolute Gasteiger partial charge is 0.313 e. The molecule has 0 aromatic heterocycles. The lowest BCUT2D eigenvalue weighted by molar-refractivity contribution is -0.161. The van der Waals surface area contributed by atoms with Gasteiger partial charge < -0.3 is 34.4 Å². The Hall–Kier alpha value is -4.48. The molecule has 1 spiro atoms. The number of aliphatic hydroxyl groups is 1. The molecule has 2 N–H and O–H groups in total. The second kappa shape index (κ2) is 13.3. The summed E-state index contributed by atoms with van der Waals surface area (Å²) in [6.45, 7) is 3.40. The molecule has 6 rings (SSSR count). The molecule has 4 aliphatic heterocycles. The third-order valence-corrected chi connectivity index (χ3v) is 9.75. The lowest BCUT2D eigenvalue weighted by Crippen LogP contribution is -2.58. The SMILES string of the molecule is CC[C@@H](CO)N1C(=O)[C@@H]2[C@H]3C(=O)O[C@@H](c4ccccc4)[C@H](C)NC(=O)CC/C=C\CN(c4ccc(OC)cc4)C(=O)[C@@H]1[C@]21C=C[C@H]3O1. The monoisotopic (exact) mass is 643 g/mol. The number of allylic oxidation sites excluding steroid dienone is 1. The molecule has 0 aliphatic carbocycles. The van der Waals surface area contributed by atoms with Gasteiger partial charge in [-0.15, -0.1) is 0 Å². The van der Waals surface area contributed by atoms with Gasteiger partial charge in [-0.2, -0.15) is 0 Å². The van der Waals surface area contributed by atoms with Crippen molar-refractivity contribution in [1.82, 2.24) is 10.2 Å². The number of benzene rings is 2. The van der Waals surface area contributed by atoms with Crippen molar-refractivity contribution in [3.05, 3.63) is 84.5 Å². The highest BCUT2D eigenvalue weighted by Crippen LogP contribution is 2.56. The van der Waals surface area contributed by atoms with Crippen molar-refractivity contribution in [2.75, 3.05) is 25.2 Å². The molecule has 2 aromatic carbocycles. The van der Waals surface area contributed by atoms with Crippen LogP contribution in [0.15, 0.2) is 78.9 Å². The molecule has 11 heteroatoms. The Morgan fingerprint density at radius 1 is 1.04 bits per heavy atom. The summed E-state index contributed by atoms with van der Waals surface area (Å²) in [5, 5.41) is 13.4. The topological polar surface area (TPSA) is 135 Å². The number of carbonyl (C=O) groups excluding carboxylic acids is 4. The summed E-state index contributed by atoms with van der Waals surface area (Å²) in [4.78, 5) is 59.5. The lowest BCUT2D eigenvalue weighted by Gasteiger charge is -2.38. The van der Waals surface area contributed by atoms with Gasteiger partial charge in [-0.1, -0.05) is 61.6 Å². The number of likely N-dealkylation sites (tertiary alicyclic amines) is 1. The van der Waals surface area contributed by atoms with E-state index in [2.05, 4.69) is 5.32 Å². The van der Waals surface area contributed by atoms with Gasteiger partial charge in [-0.25, -0.2) is 0 Å². The first-order valence-electron chi connectivity index (χ1n) is 16.2. The molecule has 2 fully saturated rings. The summed E-state index contributed by atoms with van der Waals surface area (Å²) in [6.07, 6.45) is 6.49. The van der Waals surface area contributed by atoms with Gasteiger partial charge in [0.2, 0.25) is 11.8 Å². The zero-order chi connectivity index (χ0) is 33.3. The summed E-state index contributed by atoms with van der Waals surface area (Å²) in [6, 6.07) is 13.7. The van der Waals surface area contributed by atoms with Gasteiger partial charge in [0.05, 0.1) is 37.8 Å². The molecule has 0 unspecified atom stereocenters. The van der Waals surface area contributed by atoms with Gasteiger partial charge in [0, 0.05) is 18.7 Å². The summed E-state index contributed by atoms with van der Waals surface area (Å²) in [7, 11) is 1.56. The van der Waals surface area contributed by atoms with Crippen LogP contribution < -0.4 is 15.0 Å². The number of methoxy groups -OCH3 is 1. The van der Waals surface area contributed by atoms with Crippen LogP contribution in [0.3, 0.4) is 0 Å². The molecule has 47 heavy (non-hydrogen) atoms. The predicted octanol–water partition coefficient (Wildman–Crippen LogP) is 3.09. The van der Waals surface area contributed by atoms with Gasteiger partial charge in [0.25, 0.3) is 5.91 Å². The van der Waals surface area contributed by atoms with E-state index in [1.165, 1.54) is 4.90 Å². The van der Waals surface area contributed by atoms with Crippen molar-refractivity contribution >= 4 is 29.4 Å². The number of rotatable bonds is 6. The molecular weight excluding hydrogens is 602 g/mol. The number of aliphatic hydroxyl groups excluding tert-OH is 1. The second-order valence-electron chi connectivity index (χ2n) is 12.5. The molecule has 3 amide bonds. The van der Waals surface area contributed by atoms with Crippen molar-refractivity contribution < 1.29 is 38.5 Å². The zero-order valence-electron chi connectivity index (χ0n) is 26.8. The first-order chi connectivity index (χ1) is 22.7. The van der Waals surface area contributed by atoms with Crippen molar-refractivity contribution in [3.8, 4) is 5.75 Å². The van der Waals surface area contributed by atoms with Crippen LogP contribution in [0.4, 0.5) is 5.69 Å². The van der Waals surface area contributed by atoms with E-state index in [0.717, 1.165) is 0 Å². The highest BCUT2D eigenvalue weighted by atomic mass is 16.6. The van der Waals surface area contributed by atoms with Crippen LogP contribution in [0.5, 0.6) is 5.75 Å². The van der Waals surface area contributed by atoms with E-state index in [0.29, 0.717) is 29.8 Å². The molecule has 8 atom stereocenters. The van der Waals surface area contributed by atoms with Gasteiger partial charge in [-0.3, -0.25) is 19.2 Å². The molecule has 248 valence electrons. The quantitative estimate of drug-likeness (QED) is 0.363. The van der Waals surface area contributed by atoms with Crippen LogP contribution in [0.1, 0.15) is 44.8 Å². The summed E-state index contributed by atoms with van der Waals surface area (Å²) < 4.78 is 18.0. The molecule has 2 saturated heterocycles. The number of amides is 3. The van der Waals surface area contributed by atoms with Crippen LogP contribution in [0.25, 0.3) is 0 Å². The van der Waals surface area contributed by atoms with E-state index in [1.54, 1.807) is 55.4 Å². The van der Waals surface area contributed by atoms with Gasteiger partial charge in [0.15, 0.2) is 0 Å². The third-order valence-electron chi connectivity index (χ3n) is 9.75. The van der Waals surface area contributed by atoms with E-state index in [1.807, 2.05) is 49.4 Å². The minimum atomic E-state index is -1.45. The minimum Gasteiger partial charge on any atom is -0.497 e. The number of ether oxygens (including phenoxy) is 3. The maximum Gasteiger partial charge on any atom is 0.313 e. The number of fused-ring (bicyclic) bond motifs is 2. The van der Waals surface area contributed by atoms with E-state index in [4.69, 9.17) is 14.2 Å². The number of anilines is 1. The molecule has 2 aromatic rings. The normalized spacial score (nSPS) is 32.2. The Labute approximate surface area is 274 Å². The van der Waals surface area contributed by atoms with Crippen molar-refractivity contribution in [3.63, 3.8) is 0 Å². The first kappa shape index (κ1) is 32.5. The lowest BCUT2D eigenvalue weighted by atomic mass is 9.74. The van der Waals surface area contributed by atoms with E-state index >= 15 is 0 Å². The van der Waals surface area contributed by atoms with Crippen molar-refractivity contribution in [1.29, 1.82) is 0 Å². The van der Waals surface area contributed by atoms with Crippen LogP contribution in [-0.2, 0) is 28.7 Å². The minimum absolute atomic E-state index is 0.146. The fourth-order valence-electron chi connectivity index (χ4n) is 7.42. The number of hydrogen-bond acceptors (Lipinski definition) is 8. The van der Waals surface area contributed by atoms with Crippen LogP contribution >= 0.6 is 0 Å². The first-order valence-corrected chi connectivity index (χ1v) is 16.2. The molecule has 0 saturated carbocycles. The molecule has 11 nitrogen and oxygen atoms in total. The number of hydrogen-bond donors (Lipinski definition) is 2.